The van der Waals surface area contributed by atoms with E-state index in [0.717, 1.165) is 48.8 Å². The molecule has 7 heteroatoms. The maximum Gasteiger partial charge on any atom is 0.225 e. The third kappa shape index (κ3) is 2.80. The second kappa shape index (κ2) is 6.21. The van der Waals surface area contributed by atoms with E-state index in [-0.39, 0.29) is 16.8 Å². The highest BCUT2D eigenvalue weighted by atomic mass is 32.2. The van der Waals surface area contributed by atoms with Crippen LogP contribution in [0.1, 0.15) is 37.0 Å². The monoisotopic (exact) mass is 382 g/mol. The molecule has 1 aromatic carbocycles. The molecule has 27 heavy (non-hydrogen) atoms. The quantitative estimate of drug-likeness (QED) is 0.747. The number of benzene rings is 1. The topological polar surface area (TPSA) is 77.0 Å². The molecule has 0 spiro atoms. The molecule has 2 aliphatic rings. The Kier molecular flexibility index (Phi) is 3.91. The van der Waals surface area contributed by atoms with Crippen molar-refractivity contribution in [2.45, 2.75) is 42.9 Å². The van der Waals surface area contributed by atoms with Crippen LogP contribution in [0.4, 0.5) is 0 Å². The van der Waals surface area contributed by atoms with Gasteiger partial charge < -0.3 is 14.1 Å². The Balaban J connectivity index is 1.49. The number of thioether (sulfide) groups is 1. The van der Waals surface area contributed by atoms with Crippen LogP contribution in [0, 0.1) is 0 Å². The van der Waals surface area contributed by atoms with Crippen molar-refractivity contribution in [2.75, 3.05) is 12.4 Å². The molecule has 1 unspecified atom stereocenters. The molecule has 0 bridgehead atoms. The average molecular weight is 382 g/mol. The van der Waals surface area contributed by atoms with E-state index in [2.05, 4.69) is 50.9 Å². The van der Waals surface area contributed by atoms with Crippen LogP contribution in [-0.2, 0) is 18.4 Å². The van der Waals surface area contributed by atoms with Gasteiger partial charge in [-0.05, 0) is 37.5 Å². The number of oxazole rings is 1. The Morgan fingerprint density at radius 3 is 2.70 bits per heavy atom. The van der Waals surface area contributed by atoms with Gasteiger partial charge in [0.2, 0.25) is 5.89 Å². The molecule has 1 aliphatic carbocycles. The molecule has 0 radical (unpaired) electrons. The van der Waals surface area contributed by atoms with Gasteiger partial charge in [0.05, 0.1) is 18.2 Å². The first-order valence-corrected chi connectivity index (χ1v) is 10.3. The van der Waals surface area contributed by atoms with Crippen molar-refractivity contribution < 1.29 is 9.52 Å². The minimum Gasteiger partial charge on any atom is -0.445 e. The lowest BCUT2D eigenvalue weighted by Crippen LogP contribution is -2.28. The zero-order chi connectivity index (χ0) is 18.5. The molecule has 1 N–H and O–H groups in total. The number of aliphatic hydroxyl groups excluding tert-OH is 1. The molecule has 1 atom stereocenters. The highest BCUT2D eigenvalue weighted by Crippen LogP contribution is 2.53. The fraction of sp³-hybridized carbons (Fsp3) is 0.450. The van der Waals surface area contributed by atoms with Gasteiger partial charge in [0.25, 0.3) is 0 Å². The summed E-state index contributed by atoms with van der Waals surface area (Å²) in [7, 11) is 0. The summed E-state index contributed by atoms with van der Waals surface area (Å²) in [6.07, 6.45) is 6.19. The third-order valence-corrected chi connectivity index (χ3v) is 7.11. The Morgan fingerprint density at radius 1 is 1.22 bits per heavy atom. The second-order valence-corrected chi connectivity index (χ2v) is 9.40. The number of rotatable bonds is 4. The number of hydrogen-bond acceptors (Lipinski definition) is 6. The van der Waals surface area contributed by atoms with Gasteiger partial charge >= 0.3 is 0 Å². The first-order valence-electron chi connectivity index (χ1n) is 9.31. The molecule has 1 aliphatic heterocycles. The van der Waals surface area contributed by atoms with Crippen LogP contribution in [0.15, 0.2) is 41.1 Å². The van der Waals surface area contributed by atoms with E-state index in [4.69, 9.17) is 4.42 Å². The largest absolute Gasteiger partial charge is 0.445 e. The molecule has 0 amide bonds. The molecule has 1 saturated carbocycles. The van der Waals surface area contributed by atoms with Crippen LogP contribution in [0.3, 0.4) is 0 Å². The van der Waals surface area contributed by atoms with Gasteiger partial charge in [-0.1, -0.05) is 12.1 Å². The standard InChI is InChI=1S/C20H22N4O2S/c1-19(13-25)12-16-22-23-18(24(16)9-11-27-19)20(6-7-20)15-4-2-14(3-5-15)17-21-8-10-26-17/h2-5,8,10,25H,6-7,9,11-13H2,1H3. The lowest BCUT2D eigenvalue weighted by molar-refractivity contribution is 0.254. The summed E-state index contributed by atoms with van der Waals surface area (Å²) in [6.45, 7) is 3.16. The van der Waals surface area contributed by atoms with Crippen LogP contribution in [0.5, 0.6) is 0 Å². The van der Waals surface area contributed by atoms with E-state index in [1.54, 1.807) is 12.5 Å². The van der Waals surface area contributed by atoms with E-state index < -0.39 is 0 Å². The minimum absolute atomic E-state index is 0.0367. The van der Waals surface area contributed by atoms with Crippen LogP contribution in [0.25, 0.3) is 11.5 Å². The highest BCUT2D eigenvalue weighted by Gasteiger charge is 2.50. The Labute approximate surface area is 162 Å². The van der Waals surface area contributed by atoms with Gasteiger partial charge in [0.15, 0.2) is 0 Å². The molecule has 3 heterocycles. The lowest BCUT2D eigenvalue weighted by atomic mass is 9.94. The maximum absolute atomic E-state index is 9.77. The van der Waals surface area contributed by atoms with E-state index in [1.807, 2.05) is 11.8 Å². The molecule has 0 saturated heterocycles. The summed E-state index contributed by atoms with van der Waals surface area (Å²) in [5.74, 6) is 3.68. The molecule has 6 nitrogen and oxygen atoms in total. The Hall–Kier alpha value is -2.12. The summed E-state index contributed by atoms with van der Waals surface area (Å²) in [4.78, 5) is 4.22. The Bertz CT molecular complexity index is 947. The summed E-state index contributed by atoms with van der Waals surface area (Å²) in [5.41, 5.74) is 2.22. The van der Waals surface area contributed by atoms with Crippen molar-refractivity contribution in [3.05, 3.63) is 53.9 Å². The SMILES string of the molecule is CC1(CO)Cc2nnc(C3(c4ccc(-c5ncco5)cc4)CC3)n2CCS1. The molecule has 1 fully saturated rings. The van der Waals surface area contributed by atoms with E-state index >= 15 is 0 Å². The maximum atomic E-state index is 9.77. The summed E-state index contributed by atoms with van der Waals surface area (Å²) < 4.78 is 7.51. The van der Waals surface area contributed by atoms with Gasteiger partial charge in [-0.3, -0.25) is 0 Å². The van der Waals surface area contributed by atoms with Crippen LogP contribution < -0.4 is 0 Å². The normalized spacial score (nSPS) is 23.6. The fourth-order valence-corrected chi connectivity index (χ4v) is 5.08. The number of fused-ring (bicyclic) bond motifs is 1. The number of aromatic nitrogens is 4. The molecule has 140 valence electrons. The van der Waals surface area contributed by atoms with Crippen LogP contribution >= 0.6 is 11.8 Å². The molecular weight excluding hydrogens is 360 g/mol. The van der Waals surface area contributed by atoms with Crippen LogP contribution in [-0.4, -0.2) is 42.0 Å². The van der Waals surface area contributed by atoms with Crippen LogP contribution in [0.2, 0.25) is 0 Å². The van der Waals surface area contributed by atoms with Gasteiger partial charge in [-0.25, -0.2) is 4.98 Å². The predicted molar refractivity (Wildman–Crippen MR) is 104 cm³/mol. The van der Waals surface area contributed by atoms with Crippen molar-refractivity contribution in [1.82, 2.24) is 19.7 Å². The smallest absolute Gasteiger partial charge is 0.225 e. The van der Waals surface area contributed by atoms with Gasteiger partial charge in [-0.2, -0.15) is 11.8 Å². The molecule has 5 rings (SSSR count). The Morgan fingerprint density at radius 2 is 2.04 bits per heavy atom. The van der Waals surface area contributed by atoms with E-state index in [1.165, 1.54) is 5.56 Å². The van der Waals surface area contributed by atoms with Crippen molar-refractivity contribution in [1.29, 1.82) is 0 Å². The molecular formula is C20H22N4O2S. The molecule has 3 aromatic rings. The molecule has 2 aromatic heterocycles. The first kappa shape index (κ1) is 17.0. The van der Waals surface area contributed by atoms with Gasteiger partial charge in [0.1, 0.15) is 17.9 Å². The van der Waals surface area contributed by atoms with Crippen molar-refractivity contribution >= 4 is 11.8 Å². The summed E-state index contributed by atoms with van der Waals surface area (Å²) >= 11 is 1.83. The van der Waals surface area contributed by atoms with Gasteiger partial charge in [0, 0.05) is 29.0 Å². The van der Waals surface area contributed by atoms with Crippen molar-refractivity contribution in [2.24, 2.45) is 0 Å². The second-order valence-electron chi connectivity index (χ2n) is 7.72. The number of nitrogens with zero attached hydrogens (tertiary/aromatic N) is 4. The zero-order valence-electron chi connectivity index (χ0n) is 15.3. The van der Waals surface area contributed by atoms with Crippen molar-refractivity contribution in [3.8, 4) is 11.5 Å². The summed E-state index contributed by atoms with van der Waals surface area (Å²) in [6, 6.07) is 8.47. The number of hydrogen-bond donors (Lipinski definition) is 1. The van der Waals surface area contributed by atoms with Crippen molar-refractivity contribution in [3.63, 3.8) is 0 Å². The first-order chi connectivity index (χ1) is 13.1. The summed E-state index contributed by atoms with van der Waals surface area (Å²) in [5, 5.41) is 18.9. The van der Waals surface area contributed by atoms with E-state index in [0.29, 0.717) is 5.89 Å². The van der Waals surface area contributed by atoms with E-state index in [9.17, 15) is 5.11 Å². The lowest BCUT2D eigenvalue weighted by Gasteiger charge is -2.23. The van der Waals surface area contributed by atoms with Gasteiger partial charge in [-0.15, -0.1) is 10.2 Å². The third-order valence-electron chi connectivity index (χ3n) is 5.75. The average Bonchev–Trinajstić information content (AvgIpc) is 3.18. The fourth-order valence-electron chi connectivity index (χ4n) is 3.99. The highest BCUT2D eigenvalue weighted by molar-refractivity contribution is 8.00. The zero-order valence-corrected chi connectivity index (χ0v) is 16.1. The number of aliphatic hydroxyl groups is 1. The predicted octanol–water partition coefficient (Wildman–Crippen LogP) is 3.05. The minimum atomic E-state index is -0.174.